The number of aliphatic carboxylic acids is 1. The molecular weight excluding hydrogens is 274 g/mol. The van der Waals surface area contributed by atoms with Gasteiger partial charge in [-0.05, 0) is 12.8 Å². The minimum absolute atomic E-state index is 0.00921. The van der Waals surface area contributed by atoms with Gasteiger partial charge in [0.25, 0.3) is 0 Å². The lowest BCUT2D eigenvalue weighted by Gasteiger charge is -2.40. The first-order chi connectivity index (χ1) is 10.1. The van der Waals surface area contributed by atoms with Crippen molar-refractivity contribution in [3.63, 3.8) is 0 Å². The maximum atomic E-state index is 12.7. The molecule has 1 spiro atoms. The van der Waals surface area contributed by atoms with Crippen molar-refractivity contribution in [3.05, 3.63) is 0 Å². The minimum Gasteiger partial charge on any atom is -0.481 e. The van der Waals surface area contributed by atoms with Crippen molar-refractivity contribution in [2.45, 2.75) is 44.3 Å². The molecule has 3 fully saturated rings. The van der Waals surface area contributed by atoms with Crippen molar-refractivity contribution in [1.29, 1.82) is 0 Å². The molecule has 118 valence electrons. The molecular formula is C15H23NO5. The number of carbonyl (C=O) groups excluding carboxylic acids is 1. The van der Waals surface area contributed by atoms with Gasteiger partial charge in [-0.25, -0.2) is 0 Å². The van der Waals surface area contributed by atoms with Gasteiger partial charge in [0, 0.05) is 25.9 Å². The highest BCUT2D eigenvalue weighted by molar-refractivity contribution is 5.85. The zero-order valence-corrected chi connectivity index (χ0v) is 12.3. The van der Waals surface area contributed by atoms with Gasteiger partial charge in [-0.1, -0.05) is 12.8 Å². The standard InChI is InChI=1S/C15H23NO5/c17-13(11-3-1-2-4-12(11)14(18)19)16-7-5-15(6-8-16)20-9-10-21-15/h11-12H,1-10H2,(H,18,19)/t11-,12+/m0/s1. The Labute approximate surface area is 124 Å². The summed E-state index contributed by atoms with van der Waals surface area (Å²) in [7, 11) is 0. The summed E-state index contributed by atoms with van der Waals surface area (Å²) in [6.07, 6.45) is 4.54. The number of hydrogen-bond acceptors (Lipinski definition) is 4. The number of hydrogen-bond donors (Lipinski definition) is 1. The number of amides is 1. The van der Waals surface area contributed by atoms with Crippen LogP contribution in [-0.4, -0.2) is 54.0 Å². The highest BCUT2D eigenvalue weighted by Crippen LogP contribution is 2.35. The van der Waals surface area contributed by atoms with E-state index in [0.717, 1.165) is 12.8 Å². The number of carboxylic acid groups (broad SMARTS) is 1. The summed E-state index contributed by atoms with van der Waals surface area (Å²) in [4.78, 5) is 25.8. The molecule has 1 amide bonds. The number of piperidine rings is 1. The monoisotopic (exact) mass is 297 g/mol. The van der Waals surface area contributed by atoms with E-state index in [-0.39, 0.29) is 11.8 Å². The number of rotatable bonds is 2. The Morgan fingerprint density at radius 1 is 1.00 bits per heavy atom. The Hall–Kier alpha value is -1.14. The van der Waals surface area contributed by atoms with Crippen LogP contribution in [0.3, 0.4) is 0 Å². The van der Waals surface area contributed by atoms with Crippen LogP contribution in [0.1, 0.15) is 38.5 Å². The summed E-state index contributed by atoms with van der Waals surface area (Å²) in [6.45, 7) is 2.44. The Morgan fingerprint density at radius 3 is 2.14 bits per heavy atom. The molecule has 2 heterocycles. The van der Waals surface area contributed by atoms with Crippen LogP contribution < -0.4 is 0 Å². The highest BCUT2D eigenvalue weighted by Gasteiger charge is 2.43. The molecule has 6 nitrogen and oxygen atoms in total. The Morgan fingerprint density at radius 2 is 1.57 bits per heavy atom. The summed E-state index contributed by atoms with van der Waals surface area (Å²) >= 11 is 0. The second kappa shape index (κ2) is 5.93. The van der Waals surface area contributed by atoms with E-state index < -0.39 is 17.7 Å². The second-order valence-corrected chi connectivity index (χ2v) is 6.27. The van der Waals surface area contributed by atoms with E-state index in [1.54, 1.807) is 0 Å². The molecule has 21 heavy (non-hydrogen) atoms. The molecule has 0 aromatic heterocycles. The zero-order chi connectivity index (χ0) is 14.9. The lowest BCUT2D eigenvalue weighted by atomic mass is 9.78. The largest absolute Gasteiger partial charge is 0.481 e. The maximum Gasteiger partial charge on any atom is 0.307 e. The summed E-state index contributed by atoms with van der Waals surface area (Å²) in [5.41, 5.74) is 0. The van der Waals surface area contributed by atoms with Crippen LogP contribution in [0, 0.1) is 11.8 Å². The molecule has 6 heteroatoms. The average molecular weight is 297 g/mol. The fourth-order valence-corrected chi connectivity index (χ4v) is 3.81. The SMILES string of the molecule is O=C(O)[C@@H]1CCCC[C@@H]1C(=O)N1CCC2(CC1)OCCO2. The summed E-state index contributed by atoms with van der Waals surface area (Å²) in [5.74, 6) is -2.18. The van der Waals surface area contributed by atoms with Gasteiger partial charge in [-0.3, -0.25) is 9.59 Å². The number of carbonyl (C=O) groups is 2. The third-order valence-corrected chi connectivity index (χ3v) is 5.05. The van der Waals surface area contributed by atoms with Gasteiger partial charge in [-0.15, -0.1) is 0 Å². The third kappa shape index (κ3) is 2.92. The molecule has 3 aliphatic rings. The fourth-order valence-electron chi connectivity index (χ4n) is 3.81. The van der Waals surface area contributed by atoms with Crippen molar-refractivity contribution in [1.82, 2.24) is 4.90 Å². The lowest BCUT2D eigenvalue weighted by molar-refractivity contribution is -0.189. The Bertz CT molecular complexity index is 408. The van der Waals surface area contributed by atoms with Crippen molar-refractivity contribution in [3.8, 4) is 0 Å². The Kier molecular flexibility index (Phi) is 4.17. The zero-order valence-electron chi connectivity index (χ0n) is 12.3. The van der Waals surface area contributed by atoms with E-state index >= 15 is 0 Å². The van der Waals surface area contributed by atoms with Crippen LogP contribution in [0.4, 0.5) is 0 Å². The predicted octanol–water partition coefficient (Wildman–Crippen LogP) is 1.24. The summed E-state index contributed by atoms with van der Waals surface area (Å²) in [6, 6.07) is 0. The molecule has 1 saturated carbocycles. The normalized spacial score (nSPS) is 32.3. The second-order valence-electron chi connectivity index (χ2n) is 6.27. The van der Waals surface area contributed by atoms with Crippen LogP contribution in [0.2, 0.25) is 0 Å². The van der Waals surface area contributed by atoms with E-state index in [1.165, 1.54) is 0 Å². The smallest absolute Gasteiger partial charge is 0.307 e. The van der Waals surface area contributed by atoms with E-state index in [0.29, 0.717) is 52.0 Å². The van der Waals surface area contributed by atoms with Gasteiger partial charge < -0.3 is 19.5 Å². The van der Waals surface area contributed by atoms with Crippen molar-refractivity contribution >= 4 is 11.9 Å². The van der Waals surface area contributed by atoms with Gasteiger partial charge in [0.05, 0.1) is 25.0 Å². The molecule has 2 atom stereocenters. The molecule has 0 aromatic rings. The van der Waals surface area contributed by atoms with Crippen molar-refractivity contribution in [2.24, 2.45) is 11.8 Å². The average Bonchev–Trinajstić information content (AvgIpc) is 2.95. The molecule has 2 saturated heterocycles. The van der Waals surface area contributed by atoms with Gasteiger partial charge in [0.15, 0.2) is 5.79 Å². The van der Waals surface area contributed by atoms with Crippen LogP contribution in [0.25, 0.3) is 0 Å². The van der Waals surface area contributed by atoms with Crippen molar-refractivity contribution < 1.29 is 24.2 Å². The number of ether oxygens (including phenoxy) is 2. The number of nitrogens with zero attached hydrogens (tertiary/aromatic N) is 1. The van der Waals surface area contributed by atoms with Gasteiger partial charge in [0.1, 0.15) is 0 Å². The molecule has 1 N–H and O–H groups in total. The number of likely N-dealkylation sites (tertiary alicyclic amines) is 1. The predicted molar refractivity (Wildman–Crippen MR) is 73.5 cm³/mol. The lowest BCUT2D eigenvalue weighted by Crippen LogP contribution is -2.50. The molecule has 3 rings (SSSR count). The van der Waals surface area contributed by atoms with Gasteiger partial charge in [-0.2, -0.15) is 0 Å². The van der Waals surface area contributed by atoms with E-state index in [4.69, 9.17) is 9.47 Å². The first kappa shape index (κ1) is 14.8. The summed E-state index contributed by atoms with van der Waals surface area (Å²) < 4.78 is 11.3. The summed E-state index contributed by atoms with van der Waals surface area (Å²) in [5, 5.41) is 9.31. The molecule has 0 unspecified atom stereocenters. The molecule has 1 aliphatic carbocycles. The highest BCUT2D eigenvalue weighted by atomic mass is 16.7. The van der Waals surface area contributed by atoms with Gasteiger partial charge in [0.2, 0.25) is 5.91 Å². The van der Waals surface area contributed by atoms with Gasteiger partial charge >= 0.3 is 5.97 Å². The van der Waals surface area contributed by atoms with E-state index in [1.807, 2.05) is 4.90 Å². The van der Waals surface area contributed by atoms with Crippen LogP contribution in [0.15, 0.2) is 0 Å². The topological polar surface area (TPSA) is 76.1 Å². The van der Waals surface area contributed by atoms with Crippen molar-refractivity contribution in [2.75, 3.05) is 26.3 Å². The quantitative estimate of drug-likeness (QED) is 0.830. The maximum absolute atomic E-state index is 12.7. The molecule has 0 radical (unpaired) electrons. The van der Waals surface area contributed by atoms with E-state index in [2.05, 4.69) is 0 Å². The minimum atomic E-state index is -0.830. The third-order valence-electron chi connectivity index (χ3n) is 5.05. The first-order valence-electron chi connectivity index (χ1n) is 7.91. The fraction of sp³-hybridized carbons (Fsp3) is 0.867. The van der Waals surface area contributed by atoms with E-state index in [9.17, 15) is 14.7 Å². The molecule has 2 aliphatic heterocycles. The molecule has 0 bridgehead atoms. The number of carboxylic acids is 1. The molecule has 0 aromatic carbocycles. The van der Waals surface area contributed by atoms with Crippen LogP contribution in [-0.2, 0) is 19.1 Å². The van der Waals surface area contributed by atoms with Crippen LogP contribution in [0.5, 0.6) is 0 Å². The van der Waals surface area contributed by atoms with Crippen LogP contribution >= 0.6 is 0 Å². The Balaban J connectivity index is 1.61. The first-order valence-corrected chi connectivity index (χ1v) is 7.91.